The number of carbonyl (C=O) groups is 1. The van der Waals surface area contributed by atoms with Crippen molar-refractivity contribution >= 4 is 17.7 Å². The minimum atomic E-state index is -0.159. The van der Waals surface area contributed by atoms with Crippen LogP contribution in [0.3, 0.4) is 0 Å². The van der Waals surface area contributed by atoms with Gasteiger partial charge in [0.2, 0.25) is 5.91 Å². The predicted molar refractivity (Wildman–Crippen MR) is 95.5 cm³/mol. The van der Waals surface area contributed by atoms with E-state index in [-0.39, 0.29) is 5.91 Å². The normalized spacial score (nSPS) is 10.9. The summed E-state index contributed by atoms with van der Waals surface area (Å²) in [6.07, 6.45) is 4.33. The number of rotatable bonds is 7. The number of anilines is 1. The molecular formula is C20H23NO2. The molecule has 23 heavy (non-hydrogen) atoms. The second-order valence-electron chi connectivity index (χ2n) is 5.79. The Labute approximate surface area is 138 Å². The van der Waals surface area contributed by atoms with E-state index in [2.05, 4.69) is 19.2 Å². The van der Waals surface area contributed by atoms with Crippen molar-refractivity contribution < 1.29 is 9.53 Å². The molecule has 0 spiro atoms. The van der Waals surface area contributed by atoms with Crippen LogP contribution in [-0.2, 0) is 4.79 Å². The summed E-state index contributed by atoms with van der Waals surface area (Å²) in [6.45, 7) is 5.02. The van der Waals surface area contributed by atoms with E-state index in [1.54, 1.807) is 6.08 Å². The standard InChI is InChI=1S/C20H23NO2/c1-16(2)13-14-23-19-10-6-9-18(15-19)21-20(22)12-11-17-7-4-3-5-8-17/h3-12,15-16H,13-14H2,1-2H3,(H,21,22)/b12-11+. The van der Waals surface area contributed by atoms with Crippen molar-refractivity contribution in [1.82, 2.24) is 0 Å². The van der Waals surface area contributed by atoms with Gasteiger partial charge in [-0.2, -0.15) is 0 Å². The molecule has 1 N–H and O–H groups in total. The van der Waals surface area contributed by atoms with Crippen molar-refractivity contribution in [2.75, 3.05) is 11.9 Å². The second kappa shape index (κ2) is 8.79. The maximum Gasteiger partial charge on any atom is 0.248 e. The Morgan fingerprint density at radius 1 is 1.13 bits per heavy atom. The molecule has 3 heteroatoms. The summed E-state index contributed by atoms with van der Waals surface area (Å²) in [7, 11) is 0. The van der Waals surface area contributed by atoms with Gasteiger partial charge in [-0.05, 0) is 36.1 Å². The number of hydrogen-bond acceptors (Lipinski definition) is 2. The fourth-order valence-corrected chi connectivity index (χ4v) is 2.00. The molecule has 0 unspecified atom stereocenters. The Hall–Kier alpha value is -2.55. The van der Waals surface area contributed by atoms with Gasteiger partial charge < -0.3 is 10.1 Å². The monoisotopic (exact) mass is 309 g/mol. The first-order chi connectivity index (χ1) is 11.1. The average Bonchev–Trinajstić information content (AvgIpc) is 2.54. The molecule has 0 radical (unpaired) electrons. The van der Waals surface area contributed by atoms with Crippen LogP contribution in [0.25, 0.3) is 6.08 Å². The molecule has 0 aliphatic rings. The quantitative estimate of drug-likeness (QED) is 0.749. The van der Waals surface area contributed by atoms with Crippen LogP contribution in [0.15, 0.2) is 60.7 Å². The molecule has 0 aromatic heterocycles. The number of benzene rings is 2. The van der Waals surface area contributed by atoms with E-state index in [1.165, 1.54) is 6.08 Å². The molecule has 0 aliphatic carbocycles. The summed E-state index contributed by atoms with van der Waals surface area (Å²) in [6, 6.07) is 17.2. The first-order valence-corrected chi connectivity index (χ1v) is 7.90. The number of hydrogen-bond donors (Lipinski definition) is 1. The van der Waals surface area contributed by atoms with Crippen LogP contribution < -0.4 is 10.1 Å². The Kier molecular flexibility index (Phi) is 6.42. The van der Waals surface area contributed by atoms with Crippen molar-refractivity contribution in [1.29, 1.82) is 0 Å². The summed E-state index contributed by atoms with van der Waals surface area (Å²) >= 11 is 0. The number of carbonyl (C=O) groups excluding carboxylic acids is 1. The van der Waals surface area contributed by atoms with Crippen LogP contribution in [0.2, 0.25) is 0 Å². The number of ether oxygens (including phenoxy) is 1. The van der Waals surface area contributed by atoms with Crippen LogP contribution in [0.5, 0.6) is 5.75 Å². The van der Waals surface area contributed by atoms with Crippen molar-refractivity contribution in [2.24, 2.45) is 5.92 Å². The van der Waals surface area contributed by atoms with Crippen molar-refractivity contribution in [3.8, 4) is 5.75 Å². The Balaban J connectivity index is 1.89. The fraction of sp³-hybridized carbons (Fsp3) is 0.250. The summed E-state index contributed by atoms with van der Waals surface area (Å²) in [5.74, 6) is 1.23. The van der Waals surface area contributed by atoms with Crippen LogP contribution in [-0.4, -0.2) is 12.5 Å². The van der Waals surface area contributed by atoms with E-state index in [0.29, 0.717) is 12.5 Å². The van der Waals surface area contributed by atoms with Gasteiger partial charge in [-0.3, -0.25) is 4.79 Å². The molecule has 0 aliphatic heterocycles. The highest BCUT2D eigenvalue weighted by molar-refractivity contribution is 6.02. The van der Waals surface area contributed by atoms with Gasteiger partial charge in [-0.15, -0.1) is 0 Å². The third-order valence-electron chi connectivity index (χ3n) is 3.29. The second-order valence-corrected chi connectivity index (χ2v) is 5.79. The lowest BCUT2D eigenvalue weighted by Gasteiger charge is -2.09. The molecule has 0 saturated heterocycles. The molecule has 0 saturated carbocycles. The van der Waals surface area contributed by atoms with Crippen molar-refractivity contribution in [2.45, 2.75) is 20.3 Å². The predicted octanol–water partition coefficient (Wildman–Crippen LogP) is 4.76. The fourth-order valence-electron chi connectivity index (χ4n) is 2.00. The summed E-state index contributed by atoms with van der Waals surface area (Å²) < 4.78 is 5.70. The Morgan fingerprint density at radius 2 is 1.91 bits per heavy atom. The molecule has 2 aromatic carbocycles. The minimum absolute atomic E-state index is 0.159. The van der Waals surface area contributed by atoms with Gasteiger partial charge in [0.15, 0.2) is 0 Å². The molecule has 1 amide bonds. The van der Waals surface area contributed by atoms with E-state index in [0.717, 1.165) is 23.4 Å². The third-order valence-corrected chi connectivity index (χ3v) is 3.29. The van der Waals surface area contributed by atoms with Crippen LogP contribution in [0, 0.1) is 5.92 Å². The van der Waals surface area contributed by atoms with E-state index in [4.69, 9.17) is 4.74 Å². The first-order valence-electron chi connectivity index (χ1n) is 7.90. The topological polar surface area (TPSA) is 38.3 Å². The van der Waals surface area contributed by atoms with E-state index in [1.807, 2.05) is 54.6 Å². The molecule has 3 nitrogen and oxygen atoms in total. The lowest BCUT2D eigenvalue weighted by atomic mass is 10.1. The Morgan fingerprint density at radius 3 is 2.65 bits per heavy atom. The first kappa shape index (κ1) is 16.8. The van der Waals surface area contributed by atoms with Gasteiger partial charge in [-0.1, -0.05) is 50.2 Å². The van der Waals surface area contributed by atoms with Crippen molar-refractivity contribution in [3.63, 3.8) is 0 Å². The highest BCUT2D eigenvalue weighted by atomic mass is 16.5. The molecule has 0 fully saturated rings. The van der Waals surface area contributed by atoms with E-state index < -0.39 is 0 Å². The SMILES string of the molecule is CC(C)CCOc1cccc(NC(=O)/C=C/c2ccccc2)c1. The van der Waals surface area contributed by atoms with Gasteiger partial charge in [0.1, 0.15) is 5.75 Å². The third kappa shape index (κ3) is 6.39. The maximum atomic E-state index is 12.0. The molecule has 0 bridgehead atoms. The van der Waals surface area contributed by atoms with Gasteiger partial charge in [0.05, 0.1) is 6.61 Å². The Bertz CT molecular complexity index is 648. The molecule has 2 aromatic rings. The average molecular weight is 309 g/mol. The number of nitrogens with one attached hydrogen (secondary N) is 1. The summed E-state index contributed by atoms with van der Waals surface area (Å²) in [5.41, 5.74) is 1.73. The van der Waals surface area contributed by atoms with Gasteiger partial charge >= 0.3 is 0 Å². The van der Waals surface area contributed by atoms with Gasteiger partial charge in [0, 0.05) is 17.8 Å². The smallest absolute Gasteiger partial charge is 0.248 e. The van der Waals surface area contributed by atoms with Crippen molar-refractivity contribution in [3.05, 3.63) is 66.2 Å². The molecule has 0 heterocycles. The molecule has 120 valence electrons. The maximum absolute atomic E-state index is 12.0. The zero-order chi connectivity index (χ0) is 16.5. The van der Waals surface area contributed by atoms with E-state index >= 15 is 0 Å². The molecule has 2 rings (SSSR count). The lowest BCUT2D eigenvalue weighted by Crippen LogP contribution is -2.08. The van der Waals surface area contributed by atoms with Crippen LogP contribution in [0.4, 0.5) is 5.69 Å². The van der Waals surface area contributed by atoms with Gasteiger partial charge in [0.25, 0.3) is 0 Å². The zero-order valence-electron chi connectivity index (χ0n) is 13.7. The highest BCUT2D eigenvalue weighted by Gasteiger charge is 2.01. The summed E-state index contributed by atoms with van der Waals surface area (Å²) in [5, 5.41) is 2.85. The highest BCUT2D eigenvalue weighted by Crippen LogP contribution is 2.18. The lowest BCUT2D eigenvalue weighted by molar-refractivity contribution is -0.111. The summed E-state index contributed by atoms with van der Waals surface area (Å²) in [4.78, 5) is 12.0. The minimum Gasteiger partial charge on any atom is -0.494 e. The largest absolute Gasteiger partial charge is 0.494 e. The van der Waals surface area contributed by atoms with Gasteiger partial charge in [-0.25, -0.2) is 0 Å². The van der Waals surface area contributed by atoms with Crippen LogP contribution in [0.1, 0.15) is 25.8 Å². The van der Waals surface area contributed by atoms with E-state index in [9.17, 15) is 4.79 Å². The number of amides is 1. The van der Waals surface area contributed by atoms with Crippen LogP contribution >= 0.6 is 0 Å². The zero-order valence-corrected chi connectivity index (χ0v) is 13.7. The molecule has 0 atom stereocenters. The molecular weight excluding hydrogens is 286 g/mol.